The number of rotatable bonds is 5. The minimum absolute atomic E-state index is 0.189. The summed E-state index contributed by atoms with van der Waals surface area (Å²) in [6, 6.07) is 13.7. The van der Waals surface area contributed by atoms with Crippen LogP contribution in [0.25, 0.3) is 0 Å². The summed E-state index contributed by atoms with van der Waals surface area (Å²) in [6.45, 7) is 3.76. The summed E-state index contributed by atoms with van der Waals surface area (Å²) >= 11 is 0. The molecule has 2 aromatic rings. The molecular weight excluding hydrogens is 286 g/mol. The van der Waals surface area contributed by atoms with Gasteiger partial charge in [-0.05, 0) is 31.5 Å². The van der Waals surface area contributed by atoms with E-state index in [0.717, 1.165) is 11.1 Å². The van der Waals surface area contributed by atoms with Gasteiger partial charge in [-0.3, -0.25) is 4.79 Å². The van der Waals surface area contributed by atoms with Crippen LogP contribution in [0.4, 0.5) is 0 Å². The zero-order valence-corrected chi connectivity index (χ0v) is 12.7. The first-order valence-corrected chi connectivity index (χ1v) is 8.06. The molecule has 0 saturated heterocycles. The van der Waals surface area contributed by atoms with Gasteiger partial charge in [-0.15, -0.1) is 0 Å². The predicted molar refractivity (Wildman–Crippen MR) is 81.5 cm³/mol. The first-order chi connectivity index (χ1) is 9.95. The molecule has 2 aromatic carbocycles. The van der Waals surface area contributed by atoms with E-state index in [-0.39, 0.29) is 4.90 Å². The molecule has 110 valence electrons. The van der Waals surface area contributed by atoms with Gasteiger partial charge in [-0.1, -0.05) is 47.5 Å². The molecule has 0 heterocycles. The van der Waals surface area contributed by atoms with Crippen LogP contribution >= 0.6 is 0 Å². The minimum atomic E-state index is -3.69. The Morgan fingerprint density at radius 3 is 2.24 bits per heavy atom. The molecule has 1 atom stereocenters. The van der Waals surface area contributed by atoms with Crippen molar-refractivity contribution in [3.05, 3.63) is 65.2 Å². The Morgan fingerprint density at radius 2 is 1.67 bits per heavy atom. The van der Waals surface area contributed by atoms with E-state index in [4.69, 9.17) is 0 Å². The van der Waals surface area contributed by atoms with E-state index < -0.39 is 15.2 Å². The summed E-state index contributed by atoms with van der Waals surface area (Å²) in [5, 5.41) is 1.33. The highest BCUT2D eigenvalue weighted by Crippen LogP contribution is 2.27. The molecule has 0 aliphatic heterocycles. The van der Waals surface area contributed by atoms with Crippen molar-refractivity contribution < 1.29 is 13.2 Å². The lowest BCUT2D eigenvalue weighted by molar-refractivity contribution is -0.109. The fourth-order valence-corrected chi connectivity index (χ4v) is 3.65. The predicted octanol–water partition coefficient (Wildman–Crippen LogP) is 2.52. The monoisotopic (exact) mass is 303 g/mol. The highest BCUT2D eigenvalue weighted by atomic mass is 32.2. The molecule has 1 amide bonds. The minimum Gasteiger partial charge on any atom is -0.338 e. The Bertz CT molecular complexity index is 736. The fourth-order valence-electron chi connectivity index (χ4n) is 2.12. The molecule has 4 nitrogen and oxygen atoms in total. The van der Waals surface area contributed by atoms with E-state index in [1.165, 1.54) is 0 Å². The molecule has 0 fully saturated rings. The van der Waals surface area contributed by atoms with Crippen molar-refractivity contribution >= 4 is 16.2 Å². The second-order valence-electron chi connectivity index (χ2n) is 4.94. The Morgan fingerprint density at radius 1 is 1.00 bits per heavy atom. The van der Waals surface area contributed by atoms with E-state index in [1.54, 1.807) is 42.5 Å². The maximum Gasteiger partial charge on any atom is 0.208 e. The summed E-state index contributed by atoms with van der Waals surface area (Å²) in [5.74, 6) is 0. The Balaban J connectivity index is 2.50. The maximum atomic E-state index is 12.7. The van der Waals surface area contributed by atoms with Crippen LogP contribution in [-0.2, 0) is 14.6 Å². The Labute approximate surface area is 124 Å². The third-order valence-electron chi connectivity index (χ3n) is 3.22. The quantitative estimate of drug-likeness (QED) is 0.863. The standard InChI is InChI=1S/C16H17NO3S/c1-12-6-8-15(9-7-12)21(19,20)16(17-11-18)14-5-3-4-13(2)10-14/h3-11,16H,1-2H3,(H,17,18). The average Bonchev–Trinajstić information content (AvgIpc) is 2.45. The van der Waals surface area contributed by atoms with Crippen molar-refractivity contribution in [2.45, 2.75) is 24.1 Å². The summed E-state index contributed by atoms with van der Waals surface area (Å²) < 4.78 is 25.4. The van der Waals surface area contributed by atoms with E-state index in [9.17, 15) is 13.2 Å². The lowest BCUT2D eigenvalue weighted by Crippen LogP contribution is -2.28. The van der Waals surface area contributed by atoms with Crippen molar-refractivity contribution in [2.75, 3.05) is 0 Å². The summed E-state index contributed by atoms with van der Waals surface area (Å²) in [4.78, 5) is 11.0. The fraction of sp³-hybridized carbons (Fsp3) is 0.188. The van der Waals surface area contributed by atoms with Crippen LogP contribution in [0.5, 0.6) is 0 Å². The number of nitrogens with one attached hydrogen (secondary N) is 1. The average molecular weight is 303 g/mol. The molecule has 5 heteroatoms. The number of aryl methyl sites for hydroxylation is 2. The molecule has 0 radical (unpaired) electrons. The first-order valence-electron chi connectivity index (χ1n) is 6.52. The van der Waals surface area contributed by atoms with Crippen LogP contribution in [0.2, 0.25) is 0 Å². The number of hydrogen-bond donors (Lipinski definition) is 1. The van der Waals surface area contributed by atoms with Crippen LogP contribution in [0.1, 0.15) is 22.1 Å². The topological polar surface area (TPSA) is 63.2 Å². The van der Waals surface area contributed by atoms with Crippen LogP contribution < -0.4 is 5.32 Å². The van der Waals surface area contributed by atoms with Crippen molar-refractivity contribution in [1.29, 1.82) is 0 Å². The van der Waals surface area contributed by atoms with Gasteiger partial charge >= 0.3 is 0 Å². The maximum absolute atomic E-state index is 12.7. The third-order valence-corrected chi connectivity index (χ3v) is 5.18. The number of carbonyl (C=O) groups excluding carboxylic acids is 1. The lowest BCUT2D eigenvalue weighted by Gasteiger charge is -2.18. The van der Waals surface area contributed by atoms with Crippen LogP contribution in [0, 0.1) is 13.8 Å². The molecular formula is C16H17NO3S. The number of hydrogen-bond acceptors (Lipinski definition) is 3. The second kappa shape index (κ2) is 6.10. The molecule has 1 N–H and O–H groups in total. The number of sulfone groups is 1. The zero-order valence-electron chi connectivity index (χ0n) is 11.9. The number of amides is 1. The van der Waals surface area contributed by atoms with Gasteiger partial charge < -0.3 is 5.32 Å². The van der Waals surface area contributed by atoms with Crippen molar-refractivity contribution in [3.63, 3.8) is 0 Å². The van der Waals surface area contributed by atoms with Gasteiger partial charge in [0.25, 0.3) is 0 Å². The molecule has 2 rings (SSSR count). The smallest absolute Gasteiger partial charge is 0.208 e. The first kappa shape index (κ1) is 15.3. The Hall–Kier alpha value is -2.14. The normalized spacial score (nSPS) is 12.7. The molecule has 0 bridgehead atoms. The zero-order chi connectivity index (χ0) is 15.5. The van der Waals surface area contributed by atoms with Gasteiger partial charge in [0.1, 0.15) is 0 Å². The molecule has 0 aliphatic rings. The molecule has 21 heavy (non-hydrogen) atoms. The van der Waals surface area contributed by atoms with E-state index in [2.05, 4.69) is 5.32 Å². The van der Waals surface area contributed by atoms with E-state index in [0.29, 0.717) is 12.0 Å². The number of benzene rings is 2. The Kier molecular flexibility index (Phi) is 4.43. The van der Waals surface area contributed by atoms with E-state index in [1.807, 2.05) is 19.9 Å². The van der Waals surface area contributed by atoms with Crippen LogP contribution in [-0.4, -0.2) is 14.8 Å². The largest absolute Gasteiger partial charge is 0.338 e. The summed E-state index contributed by atoms with van der Waals surface area (Å²) in [5.41, 5.74) is 2.45. The molecule has 1 unspecified atom stereocenters. The second-order valence-corrected chi connectivity index (χ2v) is 6.97. The van der Waals surface area contributed by atoms with Crippen molar-refractivity contribution in [3.8, 4) is 0 Å². The van der Waals surface area contributed by atoms with Gasteiger partial charge in [0, 0.05) is 0 Å². The van der Waals surface area contributed by atoms with Gasteiger partial charge in [0.15, 0.2) is 5.37 Å². The van der Waals surface area contributed by atoms with E-state index >= 15 is 0 Å². The highest BCUT2D eigenvalue weighted by Gasteiger charge is 2.28. The number of carbonyl (C=O) groups is 1. The molecule has 0 aliphatic carbocycles. The van der Waals surface area contributed by atoms with Crippen LogP contribution in [0.3, 0.4) is 0 Å². The van der Waals surface area contributed by atoms with Gasteiger partial charge in [-0.25, -0.2) is 8.42 Å². The van der Waals surface area contributed by atoms with Crippen molar-refractivity contribution in [2.24, 2.45) is 0 Å². The van der Waals surface area contributed by atoms with Gasteiger partial charge in [-0.2, -0.15) is 0 Å². The van der Waals surface area contributed by atoms with Crippen LogP contribution in [0.15, 0.2) is 53.4 Å². The lowest BCUT2D eigenvalue weighted by atomic mass is 10.1. The highest BCUT2D eigenvalue weighted by molar-refractivity contribution is 7.91. The SMILES string of the molecule is Cc1ccc(S(=O)(=O)C(NC=O)c2cccc(C)c2)cc1. The van der Waals surface area contributed by atoms with Crippen molar-refractivity contribution in [1.82, 2.24) is 5.32 Å². The van der Waals surface area contributed by atoms with Gasteiger partial charge in [0.05, 0.1) is 4.90 Å². The molecule has 0 spiro atoms. The molecule has 0 aromatic heterocycles. The molecule has 0 saturated carbocycles. The third kappa shape index (κ3) is 3.31. The summed E-state index contributed by atoms with van der Waals surface area (Å²) in [7, 11) is -3.69. The summed E-state index contributed by atoms with van der Waals surface area (Å²) in [6.07, 6.45) is 0.415. The van der Waals surface area contributed by atoms with Gasteiger partial charge in [0.2, 0.25) is 16.2 Å².